The van der Waals surface area contributed by atoms with Gasteiger partial charge in [-0.05, 0) is 19.3 Å². The number of nitrogens with zero attached hydrogens (tertiary/aromatic N) is 2. The largest absolute Gasteiger partial charge is 0.361 e. The zero-order chi connectivity index (χ0) is 11.0. The van der Waals surface area contributed by atoms with Gasteiger partial charge in [0.25, 0.3) is 0 Å². The number of rotatable bonds is 2. The Bertz CT molecular complexity index is 314. The van der Waals surface area contributed by atoms with Gasteiger partial charge in [-0.2, -0.15) is 8.75 Å². The lowest BCUT2D eigenvalue weighted by Gasteiger charge is -2.39. The molecule has 1 N–H and O–H groups in total. The van der Waals surface area contributed by atoms with E-state index in [-0.39, 0.29) is 11.0 Å². The van der Waals surface area contributed by atoms with E-state index in [9.17, 15) is 0 Å². The third-order valence-corrected chi connectivity index (χ3v) is 3.65. The van der Waals surface area contributed by atoms with Gasteiger partial charge in [-0.1, -0.05) is 32.4 Å². The number of hydrogen-bond donors (Lipinski definition) is 1. The summed E-state index contributed by atoms with van der Waals surface area (Å²) < 4.78 is 8.02. The average Bonchev–Trinajstić information content (AvgIpc) is 2.33. The fraction of sp³-hybridized carbons (Fsp3) is 0.778. The molecule has 1 rings (SSSR count). The second kappa shape index (κ2) is 3.66. The number of anilines is 1. The maximum atomic E-state index is 5.87. The van der Waals surface area contributed by atoms with E-state index in [2.05, 4.69) is 48.7 Å². The van der Waals surface area contributed by atoms with Crippen molar-refractivity contribution in [3.8, 4) is 0 Å². The molecular weight excluding hydrogens is 218 g/mol. The number of hydrogen-bond acceptors (Lipinski definition) is 4. The van der Waals surface area contributed by atoms with Crippen LogP contribution < -0.4 is 5.32 Å². The van der Waals surface area contributed by atoms with Crippen molar-refractivity contribution in [1.82, 2.24) is 8.75 Å². The summed E-state index contributed by atoms with van der Waals surface area (Å²) in [6, 6.07) is 0. The lowest BCUT2D eigenvalue weighted by Crippen LogP contribution is -2.44. The Morgan fingerprint density at radius 3 is 2.07 bits per heavy atom. The summed E-state index contributed by atoms with van der Waals surface area (Å²) in [5.41, 5.74) is 0.0480. The summed E-state index contributed by atoms with van der Waals surface area (Å²) in [7, 11) is 0. The summed E-state index contributed by atoms with van der Waals surface area (Å²) >= 11 is 6.99. The molecule has 0 saturated carbocycles. The molecule has 1 heterocycles. The topological polar surface area (TPSA) is 37.8 Å². The minimum absolute atomic E-state index is 0.0770. The van der Waals surface area contributed by atoms with Crippen LogP contribution in [0.15, 0.2) is 0 Å². The van der Waals surface area contributed by atoms with E-state index in [0.29, 0.717) is 11.0 Å². The molecule has 0 saturated heterocycles. The maximum Gasteiger partial charge on any atom is 0.186 e. The van der Waals surface area contributed by atoms with Crippen LogP contribution in [0.1, 0.15) is 34.6 Å². The van der Waals surface area contributed by atoms with Gasteiger partial charge in [-0.15, -0.1) is 0 Å². The van der Waals surface area contributed by atoms with Crippen LogP contribution in [-0.2, 0) is 0 Å². The molecule has 5 heteroatoms. The van der Waals surface area contributed by atoms with E-state index in [1.807, 2.05) is 0 Å². The van der Waals surface area contributed by atoms with Crippen molar-refractivity contribution in [1.29, 1.82) is 0 Å². The fourth-order valence-corrected chi connectivity index (χ4v) is 1.38. The molecule has 0 aliphatic carbocycles. The van der Waals surface area contributed by atoms with Gasteiger partial charge in [-0.3, -0.25) is 0 Å². The number of nitrogens with one attached hydrogen (secondary N) is 1. The third kappa shape index (κ3) is 2.36. The van der Waals surface area contributed by atoms with Crippen LogP contribution in [0.4, 0.5) is 5.82 Å². The Kier molecular flexibility index (Phi) is 3.07. The van der Waals surface area contributed by atoms with Gasteiger partial charge < -0.3 is 5.32 Å². The van der Waals surface area contributed by atoms with Crippen LogP contribution in [0, 0.1) is 5.41 Å². The highest BCUT2D eigenvalue weighted by Gasteiger charge is 2.33. The molecule has 1 aromatic heterocycles. The molecule has 0 unspecified atom stereocenters. The first-order chi connectivity index (χ1) is 6.24. The molecular formula is C9H16ClN3S. The van der Waals surface area contributed by atoms with E-state index >= 15 is 0 Å². The normalized spacial score (nSPS) is 13.0. The minimum atomic E-state index is -0.0770. The number of aromatic nitrogens is 2. The van der Waals surface area contributed by atoms with Gasteiger partial charge in [0, 0.05) is 5.54 Å². The molecule has 0 amide bonds. The Balaban J connectivity index is 2.84. The molecule has 14 heavy (non-hydrogen) atoms. The first-order valence-corrected chi connectivity index (χ1v) is 5.61. The van der Waals surface area contributed by atoms with E-state index in [1.54, 1.807) is 0 Å². The van der Waals surface area contributed by atoms with Gasteiger partial charge in [0.15, 0.2) is 11.0 Å². The van der Waals surface area contributed by atoms with Crippen LogP contribution in [-0.4, -0.2) is 14.3 Å². The van der Waals surface area contributed by atoms with Crippen LogP contribution >= 0.6 is 23.3 Å². The fourth-order valence-electron chi connectivity index (χ4n) is 0.736. The maximum absolute atomic E-state index is 5.87. The second-order valence-corrected chi connectivity index (χ2v) is 5.79. The van der Waals surface area contributed by atoms with E-state index in [4.69, 9.17) is 11.6 Å². The average molecular weight is 234 g/mol. The van der Waals surface area contributed by atoms with Crippen molar-refractivity contribution in [3.05, 3.63) is 5.15 Å². The Morgan fingerprint density at radius 2 is 1.71 bits per heavy atom. The smallest absolute Gasteiger partial charge is 0.186 e. The summed E-state index contributed by atoms with van der Waals surface area (Å²) in [6.45, 7) is 10.8. The highest BCUT2D eigenvalue weighted by molar-refractivity contribution is 6.99. The monoisotopic (exact) mass is 233 g/mol. The van der Waals surface area contributed by atoms with Gasteiger partial charge in [0.2, 0.25) is 0 Å². The molecule has 0 atom stereocenters. The standard InChI is InChI=1S/C9H16ClN3S/c1-8(2,3)9(4,5)11-7-6(10)12-14-13-7/h1-5H3,(H,11,13). The first kappa shape index (κ1) is 11.7. The Hall–Kier alpha value is -0.350. The molecule has 0 bridgehead atoms. The molecule has 80 valence electrons. The molecule has 3 nitrogen and oxygen atoms in total. The molecule has 0 spiro atoms. The van der Waals surface area contributed by atoms with Gasteiger partial charge in [0.1, 0.15) is 0 Å². The zero-order valence-electron chi connectivity index (χ0n) is 9.18. The van der Waals surface area contributed by atoms with Crippen molar-refractivity contribution in [2.45, 2.75) is 40.2 Å². The van der Waals surface area contributed by atoms with Crippen molar-refractivity contribution >= 4 is 29.1 Å². The summed E-state index contributed by atoms with van der Waals surface area (Å²) in [5, 5.41) is 3.76. The molecule has 0 aliphatic heterocycles. The second-order valence-electron chi connectivity index (χ2n) is 4.90. The lowest BCUT2D eigenvalue weighted by atomic mass is 9.76. The molecule has 0 fully saturated rings. The van der Waals surface area contributed by atoms with Crippen molar-refractivity contribution < 1.29 is 0 Å². The molecule has 0 aliphatic rings. The van der Waals surface area contributed by atoms with E-state index in [0.717, 1.165) is 11.7 Å². The van der Waals surface area contributed by atoms with Crippen LogP contribution in [0.5, 0.6) is 0 Å². The molecule has 1 aromatic rings. The Morgan fingerprint density at radius 1 is 1.14 bits per heavy atom. The third-order valence-electron chi connectivity index (χ3n) is 2.75. The van der Waals surface area contributed by atoms with Gasteiger partial charge >= 0.3 is 0 Å². The summed E-state index contributed by atoms with van der Waals surface area (Å²) in [6.07, 6.45) is 0. The van der Waals surface area contributed by atoms with Gasteiger partial charge in [-0.25, -0.2) is 0 Å². The molecule has 0 aromatic carbocycles. The SMILES string of the molecule is CC(C)(C)C(C)(C)Nc1nsnc1Cl. The predicted octanol–water partition coefficient (Wildman–Crippen LogP) is 3.43. The quantitative estimate of drug-likeness (QED) is 0.851. The lowest BCUT2D eigenvalue weighted by molar-refractivity contribution is 0.254. The van der Waals surface area contributed by atoms with Crippen molar-refractivity contribution in [2.24, 2.45) is 5.41 Å². The zero-order valence-corrected chi connectivity index (χ0v) is 10.8. The van der Waals surface area contributed by atoms with Crippen LogP contribution in [0.2, 0.25) is 5.15 Å². The predicted molar refractivity (Wildman–Crippen MR) is 62.1 cm³/mol. The van der Waals surface area contributed by atoms with Crippen molar-refractivity contribution in [3.63, 3.8) is 0 Å². The van der Waals surface area contributed by atoms with Gasteiger partial charge in [0.05, 0.1) is 11.7 Å². The van der Waals surface area contributed by atoms with Crippen molar-refractivity contribution in [2.75, 3.05) is 5.32 Å². The van der Waals surface area contributed by atoms with E-state index < -0.39 is 0 Å². The first-order valence-electron chi connectivity index (χ1n) is 4.50. The highest BCUT2D eigenvalue weighted by atomic mass is 35.5. The summed E-state index contributed by atoms with van der Waals surface area (Å²) in [4.78, 5) is 0. The Labute approximate surface area is 94.2 Å². The van der Waals surface area contributed by atoms with E-state index in [1.165, 1.54) is 0 Å². The van der Waals surface area contributed by atoms with Crippen LogP contribution in [0.3, 0.4) is 0 Å². The highest BCUT2D eigenvalue weighted by Crippen LogP contribution is 2.34. The van der Waals surface area contributed by atoms with Crippen LogP contribution in [0.25, 0.3) is 0 Å². The number of halogens is 1. The minimum Gasteiger partial charge on any atom is -0.361 e. The summed E-state index contributed by atoms with van der Waals surface area (Å²) in [5.74, 6) is 0.677. The molecule has 0 radical (unpaired) electrons.